The molecule has 0 aliphatic carbocycles. The molecule has 0 aliphatic rings. The van der Waals surface area contributed by atoms with Gasteiger partial charge in [-0.05, 0) is 42.8 Å². The van der Waals surface area contributed by atoms with Crippen LogP contribution in [-0.2, 0) is 4.79 Å². The van der Waals surface area contributed by atoms with Crippen molar-refractivity contribution in [1.29, 1.82) is 0 Å². The number of ether oxygens (including phenoxy) is 2. The maximum Gasteiger partial charge on any atom is 0.396 e. The zero-order chi connectivity index (χ0) is 20.4. The van der Waals surface area contributed by atoms with Crippen LogP contribution in [0, 0.1) is 6.92 Å². The molecule has 0 spiro atoms. The molecule has 0 saturated heterocycles. The summed E-state index contributed by atoms with van der Waals surface area (Å²) in [7, 11) is 0. The Hall–Kier alpha value is -3.09. The molecule has 5 nitrogen and oxygen atoms in total. The van der Waals surface area contributed by atoms with Gasteiger partial charge in [0.25, 0.3) is 0 Å². The molecule has 0 bridgehead atoms. The minimum atomic E-state index is -0.565. The average Bonchev–Trinajstić information content (AvgIpc) is 3.08. The number of hydrogen-bond donors (Lipinski definition) is 0. The Balaban J connectivity index is 1.58. The van der Waals surface area contributed by atoms with Crippen LogP contribution in [-0.4, -0.2) is 12.6 Å². The summed E-state index contributed by atoms with van der Waals surface area (Å²) >= 11 is 6.79. The maximum absolute atomic E-state index is 12.2. The van der Waals surface area contributed by atoms with Gasteiger partial charge in [-0.1, -0.05) is 52.8 Å². The number of hydrogen-bond acceptors (Lipinski definition) is 6. The van der Waals surface area contributed by atoms with E-state index in [4.69, 9.17) is 25.5 Å². The SMILES string of the molecule is Cc1ccc(-c2cc(OC(=O)COc3ccc(Cl)cc3)cc3sc(=O)oc23)cc1. The number of esters is 1. The van der Waals surface area contributed by atoms with Crippen LogP contribution in [0.25, 0.3) is 21.4 Å². The summed E-state index contributed by atoms with van der Waals surface area (Å²) in [5.74, 6) is 0.259. The minimum Gasteiger partial charge on any atom is -0.482 e. The van der Waals surface area contributed by atoms with Crippen molar-refractivity contribution in [3.63, 3.8) is 0 Å². The van der Waals surface area contributed by atoms with Crippen molar-refractivity contribution in [2.24, 2.45) is 0 Å². The third kappa shape index (κ3) is 4.50. The predicted molar refractivity (Wildman–Crippen MR) is 113 cm³/mol. The van der Waals surface area contributed by atoms with Gasteiger partial charge >= 0.3 is 10.9 Å². The summed E-state index contributed by atoms with van der Waals surface area (Å²) in [5.41, 5.74) is 3.12. The van der Waals surface area contributed by atoms with Crippen molar-refractivity contribution >= 4 is 39.2 Å². The van der Waals surface area contributed by atoms with E-state index < -0.39 is 10.9 Å². The van der Waals surface area contributed by atoms with Crippen LogP contribution < -0.4 is 14.4 Å². The molecule has 29 heavy (non-hydrogen) atoms. The fourth-order valence-electron chi connectivity index (χ4n) is 2.79. The second-order valence-corrected chi connectivity index (χ2v) is 7.75. The van der Waals surface area contributed by atoms with Gasteiger partial charge in [0, 0.05) is 16.7 Å². The fourth-order valence-corrected chi connectivity index (χ4v) is 3.64. The Labute approximate surface area is 175 Å². The fraction of sp³-hybridized carbons (Fsp3) is 0.0909. The largest absolute Gasteiger partial charge is 0.482 e. The summed E-state index contributed by atoms with van der Waals surface area (Å²) in [6.07, 6.45) is 0. The molecule has 7 heteroatoms. The predicted octanol–water partition coefficient (Wildman–Crippen LogP) is 5.47. The normalized spacial score (nSPS) is 10.8. The minimum absolute atomic E-state index is 0.263. The molecule has 0 fully saturated rings. The highest BCUT2D eigenvalue weighted by atomic mass is 35.5. The van der Waals surface area contributed by atoms with E-state index in [0.29, 0.717) is 32.4 Å². The molecule has 0 unspecified atom stereocenters. The van der Waals surface area contributed by atoms with Crippen molar-refractivity contribution in [2.45, 2.75) is 6.92 Å². The van der Waals surface area contributed by atoms with E-state index >= 15 is 0 Å². The van der Waals surface area contributed by atoms with Gasteiger partial charge in [-0.3, -0.25) is 0 Å². The zero-order valence-corrected chi connectivity index (χ0v) is 16.9. The topological polar surface area (TPSA) is 65.7 Å². The number of aryl methyl sites for hydroxylation is 1. The van der Waals surface area contributed by atoms with Gasteiger partial charge in [0.2, 0.25) is 0 Å². The second-order valence-electron chi connectivity index (χ2n) is 6.33. The van der Waals surface area contributed by atoms with Crippen molar-refractivity contribution in [1.82, 2.24) is 0 Å². The highest BCUT2D eigenvalue weighted by Crippen LogP contribution is 2.34. The Bertz CT molecular complexity index is 1220. The first-order chi connectivity index (χ1) is 14.0. The Morgan fingerprint density at radius 1 is 1.03 bits per heavy atom. The quantitative estimate of drug-likeness (QED) is 0.313. The van der Waals surface area contributed by atoms with Crippen LogP contribution in [0.3, 0.4) is 0 Å². The lowest BCUT2D eigenvalue weighted by atomic mass is 10.0. The Morgan fingerprint density at radius 2 is 1.76 bits per heavy atom. The highest BCUT2D eigenvalue weighted by molar-refractivity contribution is 7.16. The number of rotatable bonds is 5. The van der Waals surface area contributed by atoms with E-state index in [0.717, 1.165) is 22.5 Å². The van der Waals surface area contributed by atoms with Crippen LogP contribution in [0.15, 0.2) is 69.9 Å². The molecule has 0 aliphatic heterocycles. The summed E-state index contributed by atoms with van der Waals surface area (Å²) in [5, 5.41) is 0.580. The van der Waals surface area contributed by atoms with E-state index in [-0.39, 0.29) is 6.61 Å². The summed E-state index contributed by atoms with van der Waals surface area (Å²) in [4.78, 5) is 23.6. The van der Waals surface area contributed by atoms with E-state index in [2.05, 4.69) is 0 Å². The molecule has 3 aromatic carbocycles. The highest BCUT2D eigenvalue weighted by Gasteiger charge is 2.15. The third-order valence-electron chi connectivity index (χ3n) is 4.17. The lowest BCUT2D eigenvalue weighted by Crippen LogP contribution is -2.17. The maximum atomic E-state index is 12.2. The summed E-state index contributed by atoms with van der Waals surface area (Å²) in [6.45, 7) is 1.73. The number of carbonyl (C=O) groups excluding carboxylic acids is 1. The van der Waals surface area contributed by atoms with Gasteiger partial charge in [-0.25, -0.2) is 9.59 Å². The molecule has 0 atom stereocenters. The van der Waals surface area contributed by atoms with E-state index in [1.807, 2.05) is 31.2 Å². The molecule has 0 N–H and O–H groups in total. The van der Waals surface area contributed by atoms with Gasteiger partial charge in [-0.2, -0.15) is 0 Å². The first-order valence-corrected chi connectivity index (χ1v) is 9.91. The van der Waals surface area contributed by atoms with Crippen LogP contribution in [0.5, 0.6) is 11.5 Å². The molecular formula is C22H15ClO5S. The molecule has 0 saturated carbocycles. The lowest BCUT2D eigenvalue weighted by Gasteiger charge is -2.09. The smallest absolute Gasteiger partial charge is 0.396 e. The van der Waals surface area contributed by atoms with E-state index in [1.54, 1.807) is 36.4 Å². The molecular weight excluding hydrogens is 412 g/mol. The van der Waals surface area contributed by atoms with Crippen molar-refractivity contribution < 1.29 is 18.7 Å². The number of fused-ring (bicyclic) bond motifs is 1. The number of benzene rings is 3. The van der Waals surface area contributed by atoms with E-state index in [9.17, 15) is 9.59 Å². The Kier molecular flexibility index (Phi) is 5.38. The first kappa shape index (κ1) is 19.2. The molecule has 0 radical (unpaired) electrons. The Morgan fingerprint density at radius 3 is 2.48 bits per heavy atom. The van der Waals surface area contributed by atoms with Gasteiger partial charge in [0.05, 0.1) is 4.70 Å². The summed E-state index contributed by atoms with van der Waals surface area (Å²) < 4.78 is 16.8. The van der Waals surface area contributed by atoms with Gasteiger partial charge in [0.15, 0.2) is 12.2 Å². The monoisotopic (exact) mass is 426 g/mol. The van der Waals surface area contributed by atoms with Crippen molar-refractivity contribution in [3.8, 4) is 22.6 Å². The molecule has 1 heterocycles. The molecule has 0 amide bonds. The van der Waals surface area contributed by atoms with Crippen LogP contribution in [0.2, 0.25) is 5.02 Å². The molecule has 146 valence electrons. The molecule has 1 aromatic heterocycles. The van der Waals surface area contributed by atoms with Gasteiger partial charge in [0.1, 0.15) is 11.5 Å². The molecule has 4 aromatic rings. The van der Waals surface area contributed by atoms with Gasteiger partial charge in [-0.15, -0.1) is 0 Å². The van der Waals surface area contributed by atoms with Crippen LogP contribution in [0.4, 0.5) is 0 Å². The standard InChI is InChI=1S/C22H15ClO5S/c1-13-2-4-14(5-3-13)18-10-17(11-19-21(18)28-22(25)29-19)27-20(24)12-26-16-8-6-15(23)7-9-16/h2-11H,12H2,1H3. The zero-order valence-electron chi connectivity index (χ0n) is 15.3. The van der Waals surface area contributed by atoms with Crippen molar-refractivity contribution in [3.05, 3.63) is 81.0 Å². The van der Waals surface area contributed by atoms with E-state index in [1.165, 1.54) is 0 Å². The average molecular weight is 427 g/mol. The first-order valence-electron chi connectivity index (χ1n) is 8.72. The lowest BCUT2D eigenvalue weighted by molar-refractivity contribution is -0.136. The molecule has 4 rings (SSSR count). The van der Waals surface area contributed by atoms with Gasteiger partial charge < -0.3 is 13.9 Å². The number of halogens is 1. The second kappa shape index (κ2) is 8.11. The van der Waals surface area contributed by atoms with Crippen molar-refractivity contribution in [2.75, 3.05) is 6.61 Å². The summed E-state index contributed by atoms with van der Waals surface area (Å²) in [6, 6.07) is 17.8. The third-order valence-corrected chi connectivity index (χ3v) is 5.20. The van der Waals surface area contributed by atoms with Crippen LogP contribution in [0.1, 0.15) is 5.56 Å². The number of carbonyl (C=O) groups is 1. The van der Waals surface area contributed by atoms with Crippen LogP contribution >= 0.6 is 22.9 Å².